The Balaban J connectivity index is 2.05. The lowest BCUT2D eigenvalue weighted by Gasteiger charge is -2.29. The molecule has 21 heavy (non-hydrogen) atoms. The molecule has 1 saturated heterocycles. The molecule has 2 N–H and O–H groups in total. The molecule has 114 valence electrons. The van der Waals surface area contributed by atoms with E-state index in [4.69, 9.17) is 0 Å². The topological polar surface area (TPSA) is 95.4 Å². The number of urea groups is 1. The van der Waals surface area contributed by atoms with Crippen molar-refractivity contribution in [3.05, 3.63) is 24.3 Å². The van der Waals surface area contributed by atoms with Crippen LogP contribution in [0.25, 0.3) is 0 Å². The lowest BCUT2D eigenvalue weighted by molar-refractivity contribution is -0.141. The van der Waals surface area contributed by atoms with Gasteiger partial charge in [0.05, 0.1) is 17.6 Å². The molecule has 1 fully saturated rings. The van der Waals surface area contributed by atoms with Crippen LogP contribution < -0.4 is 5.32 Å². The van der Waals surface area contributed by atoms with Crippen LogP contribution in [-0.2, 0) is 11.3 Å². The number of nitrogens with one attached hydrogen (secondary N) is 1. The molecule has 2 unspecified atom stereocenters. The lowest BCUT2D eigenvalue weighted by atomic mass is 10.2. The van der Waals surface area contributed by atoms with E-state index in [0.717, 1.165) is 0 Å². The van der Waals surface area contributed by atoms with Crippen molar-refractivity contribution < 1.29 is 14.7 Å². The van der Waals surface area contributed by atoms with Gasteiger partial charge in [0, 0.05) is 11.9 Å². The van der Waals surface area contributed by atoms with Crippen LogP contribution in [0.4, 0.5) is 4.79 Å². The monoisotopic (exact) mass is 310 g/mol. The van der Waals surface area contributed by atoms with Gasteiger partial charge in [0.15, 0.2) is 0 Å². The van der Waals surface area contributed by atoms with E-state index < -0.39 is 12.0 Å². The zero-order valence-corrected chi connectivity index (χ0v) is 12.7. The second kappa shape index (κ2) is 6.75. The van der Waals surface area contributed by atoms with Crippen molar-refractivity contribution in [1.29, 1.82) is 0 Å². The molecule has 2 atom stereocenters. The molecular weight excluding hydrogens is 292 g/mol. The molecule has 0 bridgehead atoms. The van der Waals surface area contributed by atoms with E-state index in [0.29, 0.717) is 11.4 Å². The van der Waals surface area contributed by atoms with E-state index in [9.17, 15) is 14.7 Å². The fraction of sp³-hybridized carbons (Fsp3) is 0.538. The van der Waals surface area contributed by atoms with Gasteiger partial charge in [-0.15, -0.1) is 11.8 Å². The van der Waals surface area contributed by atoms with Crippen LogP contribution in [0.3, 0.4) is 0 Å². The number of carboxylic acids is 1. The van der Waals surface area contributed by atoms with Crippen molar-refractivity contribution in [1.82, 2.24) is 20.2 Å². The van der Waals surface area contributed by atoms with Crippen molar-refractivity contribution >= 4 is 23.8 Å². The highest BCUT2D eigenvalue weighted by Crippen LogP contribution is 2.34. The van der Waals surface area contributed by atoms with Gasteiger partial charge in [-0.1, -0.05) is 13.8 Å². The Morgan fingerprint density at radius 1 is 1.57 bits per heavy atom. The number of thioether (sulfide) groups is 1. The predicted molar refractivity (Wildman–Crippen MR) is 78.6 cm³/mol. The molecule has 0 aromatic carbocycles. The van der Waals surface area contributed by atoms with E-state index in [-0.39, 0.29) is 23.9 Å². The summed E-state index contributed by atoms with van der Waals surface area (Å²) < 4.78 is 0. The number of aliphatic carboxylic acids is 1. The van der Waals surface area contributed by atoms with Gasteiger partial charge in [-0.05, 0) is 12.0 Å². The summed E-state index contributed by atoms with van der Waals surface area (Å²) in [5.74, 6) is -0.369. The summed E-state index contributed by atoms with van der Waals surface area (Å²) in [7, 11) is 0. The number of carboxylic acid groups (broad SMARTS) is 1. The van der Waals surface area contributed by atoms with Crippen molar-refractivity contribution in [2.45, 2.75) is 31.8 Å². The maximum Gasteiger partial charge on any atom is 0.327 e. The second-order valence-corrected chi connectivity index (χ2v) is 6.24. The van der Waals surface area contributed by atoms with Crippen LogP contribution in [0.15, 0.2) is 18.6 Å². The minimum absolute atomic E-state index is 0.128. The predicted octanol–water partition coefficient (Wildman–Crippen LogP) is 1.17. The van der Waals surface area contributed by atoms with Gasteiger partial charge in [-0.2, -0.15) is 0 Å². The molecule has 2 amide bonds. The first-order valence-electron chi connectivity index (χ1n) is 6.66. The fourth-order valence-corrected chi connectivity index (χ4v) is 3.64. The highest BCUT2D eigenvalue weighted by molar-refractivity contribution is 8.00. The summed E-state index contributed by atoms with van der Waals surface area (Å²) in [5.41, 5.74) is 0.679. The Labute approximate surface area is 127 Å². The largest absolute Gasteiger partial charge is 0.480 e. The Morgan fingerprint density at radius 3 is 2.90 bits per heavy atom. The highest BCUT2D eigenvalue weighted by atomic mass is 32.2. The summed E-state index contributed by atoms with van der Waals surface area (Å²) in [5, 5.41) is 11.9. The number of hydrogen-bond acceptors (Lipinski definition) is 5. The van der Waals surface area contributed by atoms with Gasteiger partial charge in [-0.3, -0.25) is 4.90 Å². The zero-order chi connectivity index (χ0) is 15.4. The van der Waals surface area contributed by atoms with Gasteiger partial charge >= 0.3 is 12.0 Å². The van der Waals surface area contributed by atoms with Gasteiger partial charge < -0.3 is 10.4 Å². The van der Waals surface area contributed by atoms with Crippen molar-refractivity contribution in [3.8, 4) is 0 Å². The van der Waals surface area contributed by atoms with E-state index in [2.05, 4.69) is 15.3 Å². The minimum atomic E-state index is -0.970. The number of nitrogens with zero attached hydrogens (tertiary/aromatic N) is 3. The number of aromatic nitrogens is 2. The first-order valence-corrected chi connectivity index (χ1v) is 7.71. The molecule has 0 saturated carbocycles. The van der Waals surface area contributed by atoms with Crippen molar-refractivity contribution in [2.75, 3.05) is 5.75 Å². The second-order valence-electron chi connectivity index (χ2n) is 5.09. The average molecular weight is 310 g/mol. The van der Waals surface area contributed by atoms with E-state index in [1.807, 2.05) is 13.8 Å². The summed E-state index contributed by atoms with van der Waals surface area (Å²) in [6, 6.07) is 0.547. The number of amides is 2. The van der Waals surface area contributed by atoms with E-state index in [1.54, 1.807) is 12.3 Å². The molecule has 1 aliphatic heterocycles. The van der Waals surface area contributed by atoms with E-state index >= 15 is 0 Å². The summed E-state index contributed by atoms with van der Waals surface area (Å²) in [6.45, 7) is 4.21. The van der Waals surface area contributed by atoms with Crippen LogP contribution in [0.2, 0.25) is 0 Å². The average Bonchev–Trinajstić information content (AvgIpc) is 2.91. The Kier molecular flexibility index (Phi) is 5.00. The highest BCUT2D eigenvalue weighted by Gasteiger charge is 2.42. The quantitative estimate of drug-likeness (QED) is 0.867. The molecule has 2 rings (SSSR count). The van der Waals surface area contributed by atoms with Crippen LogP contribution in [0, 0.1) is 5.92 Å². The maximum absolute atomic E-state index is 12.3. The SMILES string of the molecule is CC(C)C1SCC(C(=O)O)N1C(=O)NCc1ccncn1. The lowest BCUT2D eigenvalue weighted by Crippen LogP contribution is -2.51. The van der Waals surface area contributed by atoms with Crippen molar-refractivity contribution in [2.24, 2.45) is 5.92 Å². The first-order chi connectivity index (χ1) is 10.0. The standard InChI is InChI=1S/C13H18N4O3S/c1-8(2)11-17(10(6-21-11)12(18)19)13(20)15-5-9-3-4-14-7-16-9/h3-4,7-8,10-11H,5-6H2,1-2H3,(H,15,20)(H,18,19). The van der Waals surface area contributed by atoms with E-state index in [1.165, 1.54) is 23.0 Å². The molecule has 0 radical (unpaired) electrons. The summed E-state index contributed by atoms with van der Waals surface area (Å²) in [6.07, 6.45) is 3.00. The maximum atomic E-state index is 12.3. The van der Waals surface area contributed by atoms with Crippen LogP contribution >= 0.6 is 11.8 Å². The number of hydrogen-bond donors (Lipinski definition) is 2. The Morgan fingerprint density at radius 2 is 2.33 bits per heavy atom. The molecule has 2 heterocycles. The zero-order valence-electron chi connectivity index (χ0n) is 11.9. The molecule has 1 aromatic rings. The van der Waals surface area contributed by atoms with Crippen LogP contribution in [-0.4, -0.2) is 49.1 Å². The van der Waals surface area contributed by atoms with Crippen LogP contribution in [0.5, 0.6) is 0 Å². The van der Waals surface area contributed by atoms with Gasteiger partial charge in [0.2, 0.25) is 0 Å². The third-order valence-electron chi connectivity index (χ3n) is 3.19. The third kappa shape index (κ3) is 3.63. The Bertz CT molecular complexity index is 511. The number of rotatable bonds is 4. The summed E-state index contributed by atoms with van der Waals surface area (Å²) >= 11 is 1.50. The fourth-order valence-electron chi connectivity index (χ4n) is 2.17. The Hall–Kier alpha value is -1.83. The van der Waals surface area contributed by atoms with Gasteiger partial charge in [0.25, 0.3) is 0 Å². The smallest absolute Gasteiger partial charge is 0.327 e. The van der Waals surface area contributed by atoms with Crippen molar-refractivity contribution in [3.63, 3.8) is 0 Å². The molecular formula is C13H18N4O3S. The molecule has 1 aliphatic rings. The summed E-state index contributed by atoms with van der Waals surface area (Å²) in [4.78, 5) is 32.9. The molecule has 8 heteroatoms. The third-order valence-corrected chi connectivity index (χ3v) is 4.81. The number of carbonyl (C=O) groups is 2. The molecule has 0 spiro atoms. The number of carbonyl (C=O) groups excluding carboxylic acids is 1. The normalized spacial score (nSPS) is 21.6. The molecule has 1 aromatic heterocycles. The first kappa shape index (κ1) is 15.6. The molecule has 0 aliphatic carbocycles. The van der Waals surface area contributed by atoms with Crippen LogP contribution in [0.1, 0.15) is 19.5 Å². The van der Waals surface area contributed by atoms with Gasteiger partial charge in [0.1, 0.15) is 12.4 Å². The minimum Gasteiger partial charge on any atom is -0.480 e. The molecule has 7 nitrogen and oxygen atoms in total. The van der Waals surface area contributed by atoms with Gasteiger partial charge in [-0.25, -0.2) is 19.6 Å².